The van der Waals surface area contributed by atoms with Gasteiger partial charge in [0, 0.05) is 16.5 Å². The Morgan fingerprint density at radius 1 is 0.750 bits per heavy atom. The number of hydrogen-bond acceptors (Lipinski definition) is 2. The van der Waals surface area contributed by atoms with Crippen molar-refractivity contribution in [2.45, 2.75) is 26.2 Å². The third-order valence-electron chi connectivity index (χ3n) is 5.64. The van der Waals surface area contributed by atoms with E-state index in [0.29, 0.717) is 5.69 Å². The van der Waals surface area contributed by atoms with Crippen molar-refractivity contribution >= 4 is 34.4 Å². The summed E-state index contributed by atoms with van der Waals surface area (Å²) in [5.41, 5.74) is 3.18. The van der Waals surface area contributed by atoms with Gasteiger partial charge in [0.2, 0.25) is 0 Å². The number of aromatic nitrogens is 1. The molecule has 0 bridgehead atoms. The molecule has 0 aliphatic carbocycles. The highest BCUT2D eigenvalue weighted by molar-refractivity contribution is 6.59. The minimum atomic E-state index is -2.20. The van der Waals surface area contributed by atoms with Crippen LogP contribution in [-0.2, 0) is 5.41 Å². The Labute approximate surface area is 198 Å². The van der Waals surface area contributed by atoms with Gasteiger partial charge in [0.05, 0.1) is 20.6 Å². The molecule has 0 aliphatic rings. The van der Waals surface area contributed by atoms with Crippen molar-refractivity contribution in [3.8, 4) is 16.8 Å². The van der Waals surface area contributed by atoms with Crippen LogP contribution in [0, 0.1) is 0 Å². The molecule has 158 valence electrons. The molecule has 32 heavy (non-hydrogen) atoms. The predicted molar refractivity (Wildman–Crippen MR) is 135 cm³/mol. The molecule has 0 saturated heterocycles. The van der Waals surface area contributed by atoms with Gasteiger partial charge in [-0.25, -0.2) is 0 Å². The number of nitrogens with zero attached hydrogens (tertiary/aromatic N) is 1. The fourth-order valence-corrected chi connectivity index (χ4v) is 3.88. The van der Waals surface area contributed by atoms with E-state index in [-0.39, 0.29) is 33.3 Å². The number of fused-ring (bicyclic) bond motifs is 3. The third kappa shape index (κ3) is 3.52. The number of benzene rings is 4. The van der Waals surface area contributed by atoms with Crippen molar-refractivity contribution in [1.29, 1.82) is 0 Å². The van der Waals surface area contributed by atoms with Gasteiger partial charge in [-0.2, -0.15) is 0 Å². The summed E-state index contributed by atoms with van der Waals surface area (Å²) in [7, 11) is -2.20. The van der Waals surface area contributed by atoms with Crippen LogP contribution < -0.4 is 5.46 Å². The van der Waals surface area contributed by atoms with Crippen LogP contribution in [0.25, 0.3) is 38.6 Å². The maximum absolute atomic E-state index is 9.86. The second kappa shape index (κ2) is 7.66. The Hall–Kier alpha value is -3.34. The molecular formula is C28H26BNO2. The lowest BCUT2D eigenvalue weighted by Gasteiger charge is -2.19. The summed E-state index contributed by atoms with van der Waals surface area (Å²) in [6, 6.07) is 12.3. The first-order valence-electron chi connectivity index (χ1n) is 13.9. The van der Waals surface area contributed by atoms with Crippen LogP contribution in [0.15, 0.2) is 90.8 Å². The van der Waals surface area contributed by atoms with E-state index in [1.165, 1.54) is 10.1 Å². The Balaban J connectivity index is 1.82. The van der Waals surface area contributed by atoms with E-state index in [9.17, 15) is 10.0 Å². The molecule has 1 aromatic heterocycles. The number of hydrogen-bond donors (Lipinski definition) is 2. The normalized spacial score (nSPS) is 15.0. The zero-order chi connectivity index (χ0) is 28.5. The third-order valence-corrected chi connectivity index (χ3v) is 5.64. The lowest BCUT2D eigenvalue weighted by Crippen LogP contribution is -2.29. The fraction of sp³-hybridized carbons (Fsp3) is 0.143. The predicted octanol–water partition coefficient (Wildman–Crippen LogP) is 5.43. The average Bonchev–Trinajstić information content (AvgIpc) is 3.26. The fourth-order valence-electron chi connectivity index (χ4n) is 3.88. The van der Waals surface area contributed by atoms with E-state index in [2.05, 4.69) is 32.9 Å². The molecule has 0 saturated carbocycles. The van der Waals surface area contributed by atoms with Crippen molar-refractivity contribution in [3.05, 3.63) is 96.4 Å². The molecule has 0 aliphatic heterocycles. The topological polar surface area (TPSA) is 45.4 Å². The van der Waals surface area contributed by atoms with Crippen LogP contribution in [0.2, 0.25) is 0 Å². The first kappa shape index (κ1) is 13.9. The van der Waals surface area contributed by atoms with Gasteiger partial charge in [0.1, 0.15) is 0 Å². The van der Waals surface area contributed by atoms with Crippen LogP contribution in [0.4, 0.5) is 0 Å². The van der Waals surface area contributed by atoms with E-state index in [0.717, 1.165) is 11.1 Å². The second-order valence-corrected chi connectivity index (χ2v) is 8.82. The van der Waals surface area contributed by atoms with Crippen LogP contribution >= 0.6 is 0 Å². The van der Waals surface area contributed by atoms with Gasteiger partial charge in [0.15, 0.2) is 0 Å². The van der Waals surface area contributed by atoms with Gasteiger partial charge in [-0.05, 0) is 51.8 Å². The van der Waals surface area contributed by atoms with Gasteiger partial charge in [-0.1, -0.05) is 87.4 Å². The standard InChI is InChI=1S/C28H26BNO2/c1-28(2,3)21-12-8-19(9-13-21)20-10-15-23(16-11-20)30-26-7-5-4-6-24(26)25-18-22(29(31)32)14-17-27(25)30/h4-18,31-32H,1-3H3/i4D,5D,6D,7D,14D,17D,18D. The zero-order valence-corrected chi connectivity index (χ0v) is 18.0. The minimum absolute atomic E-state index is 0.0155. The van der Waals surface area contributed by atoms with Crippen molar-refractivity contribution in [1.82, 2.24) is 4.57 Å². The van der Waals surface area contributed by atoms with Crippen molar-refractivity contribution < 1.29 is 19.6 Å². The molecule has 0 amide bonds. The van der Waals surface area contributed by atoms with Crippen molar-refractivity contribution in [2.75, 3.05) is 0 Å². The van der Waals surface area contributed by atoms with Crippen LogP contribution in [-0.4, -0.2) is 21.7 Å². The monoisotopic (exact) mass is 426 g/mol. The van der Waals surface area contributed by atoms with Crippen LogP contribution in [0.1, 0.15) is 35.9 Å². The smallest absolute Gasteiger partial charge is 0.423 e. The van der Waals surface area contributed by atoms with E-state index in [1.54, 1.807) is 12.1 Å². The maximum atomic E-state index is 9.86. The van der Waals surface area contributed by atoms with Gasteiger partial charge in [0.25, 0.3) is 0 Å². The lowest BCUT2D eigenvalue weighted by molar-refractivity contribution is 0.426. The van der Waals surface area contributed by atoms with Crippen LogP contribution in [0.5, 0.6) is 0 Å². The highest BCUT2D eigenvalue weighted by atomic mass is 16.4. The molecule has 5 rings (SSSR count). The molecule has 0 atom stereocenters. The molecule has 0 radical (unpaired) electrons. The first-order chi connectivity index (χ1) is 18.3. The molecule has 4 heteroatoms. The molecule has 3 nitrogen and oxygen atoms in total. The number of para-hydroxylation sites is 1. The summed E-state index contributed by atoms with van der Waals surface area (Å²) in [5, 5.41) is 19.7. The lowest BCUT2D eigenvalue weighted by atomic mass is 9.80. The quantitative estimate of drug-likeness (QED) is 0.378. The maximum Gasteiger partial charge on any atom is 0.488 e. The highest BCUT2D eigenvalue weighted by Gasteiger charge is 2.17. The molecule has 0 unspecified atom stereocenters. The Bertz CT molecular complexity index is 1770. The van der Waals surface area contributed by atoms with Gasteiger partial charge in [-0.3, -0.25) is 0 Å². The van der Waals surface area contributed by atoms with E-state index < -0.39 is 48.8 Å². The van der Waals surface area contributed by atoms with Gasteiger partial charge < -0.3 is 14.6 Å². The SMILES string of the molecule is [2H]c1c([2H])c([2H])c2c(c1[2H])c1c([2H])c(B(O)O)c([2H])c([2H])c1n2-c1ccc(-c2ccc(C(C)(C)C)cc2)cc1. The van der Waals surface area contributed by atoms with Crippen LogP contribution in [0.3, 0.4) is 0 Å². The highest BCUT2D eigenvalue weighted by Crippen LogP contribution is 2.32. The van der Waals surface area contributed by atoms with Gasteiger partial charge >= 0.3 is 7.12 Å². The summed E-state index contributed by atoms with van der Waals surface area (Å²) < 4.78 is 60.9. The molecule has 2 N–H and O–H groups in total. The molecule has 4 aromatic carbocycles. The molecule has 0 spiro atoms. The zero-order valence-electron chi connectivity index (χ0n) is 25.0. The summed E-state index contributed by atoms with van der Waals surface area (Å²) in [4.78, 5) is 0. The first-order valence-corrected chi connectivity index (χ1v) is 10.4. The second-order valence-electron chi connectivity index (χ2n) is 8.82. The van der Waals surface area contributed by atoms with Gasteiger partial charge in [-0.15, -0.1) is 0 Å². The molecule has 5 aromatic rings. The van der Waals surface area contributed by atoms with Crippen molar-refractivity contribution in [2.24, 2.45) is 0 Å². The molecule has 0 fully saturated rings. The van der Waals surface area contributed by atoms with Crippen molar-refractivity contribution in [3.63, 3.8) is 0 Å². The summed E-state index contributed by atoms with van der Waals surface area (Å²) in [5.74, 6) is 0. The molecular weight excluding hydrogens is 393 g/mol. The summed E-state index contributed by atoms with van der Waals surface area (Å²) in [6.07, 6.45) is 0. The Morgan fingerprint density at radius 2 is 1.34 bits per heavy atom. The van der Waals surface area contributed by atoms with E-state index in [1.807, 2.05) is 24.3 Å². The number of rotatable bonds is 3. The average molecular weight is 426 g/mol. The van der Waals surface area contributed by atoms with E-state index >= 15 is 0 Å². The summed E-state index contributed by atoms with van der Waals surface area (Å²) in [6.45, 7) is 6.44. The summed E-state index contributed by atoms with van der Waals surface area (Å²) >= 11 is 0. The Kier molecular flexibility index (Phi) is 3.34. The Morgan fingerprint density at radius 3 is 1.97 bits per heavy atom. The largest absolute Gasteiger partial charge is 0.488 e. The minimum Gasteiger partial charge on any atom is -0.423 e. The molecule has 1 heterocycles. The van der Waals surface area contributed by atoms with E-state index in [4.69, 9.17) is 9.60 Å².